The molecule has 2 aromatic rings. The molecule has 5 rings (SSSR count). The molecular weight excluding hydrogens is 570 g/mol. The van der Waals surface area contributed by atoms with Crippen LogP contribution >= 0.6 is 0 Å². The number of phenols is 1. The van der Waals surface area contributed by atoms with Gasteiger partial charge in [0.15, 0.2) is 11.4 Å². The highest BCUT2D eigenvalue weighted by molar-refractivity contribution is 6.24. The standard InChI is InChI=1S/C32H35N3O9/c1-4-44-22(37)14-34-13-15-5-7-16(8-6-15)18-9-10-21(36)24-19(18)11-17-12-20-26(35(2)3)28(39)25(31(33)42)30(41)32(20,43)29(40)23(17)27(24)38/h5-10,17,20,26,34,36,39-40,43H,4,11-14H2,1-3H3,(H2,33,42)/t17-,20-,26?,32-/m1/s1. The van der Waals surface area contributed by atoms with Gasteiger partial charge >= 0.3 is 5.97 Å². The maximum atomic E-state index is 13.9. The van der Waals surface area contributed by atoms with Crippen molar-refractivity contribution in [3.63, 3.8) is 0 Å². The van der Waals surface area contributed by atoms with Gasteiger partial charge in [0.2, 0.25) is 5.78 Å². The first-order valence-corrected chi connectivity index (χ1v) is 14.3. The number of ketones is 2. The van der Waals surface area contributed by atoms with Crippen molar-refractivity contribution >= 4 is 23.4 Å². The summed E-state index contributed by atoms with van der Waals surface area (Å²) in [5.74, 6) is -7.25. The summed E-state index contributed by atoms with van der Waals surface area (Å²) in [5, 5.41) is 47.9. The van der Waals surface area contributed by atoms with Crippen molar-refractivity contribution < 1.29 is 44.3 Å². The lowest BCUT2D eigenvalue weighted by atomic mass is 9.58. The summed E-state index contributed by atoms with van der Waals surface area (Å²) in [5.41, 5.74) is 4.48. The molecule has 0 aliphatic heterocycles. The second-order valence-corrected chi connectivity index (χ2v) is 11.6. The number of esters is 1. The van der Waals surface area contributed by atoms with E-state index in [1.165, 1.54) is 11.0 Å². The molecule has 0 heterocycles. The number of benzene rings is 2. The molecule has 0 radical (unpaired) electrons. The molecule has 2 aromatic carbocycles. The first-order valence-electron chi connectivity index (χ1n) is 14.3. The number of likely N-dealkylation sites (N-methyl/N-ethyl adjacent to an activating group) is 1. The van der Waals surface area contributed by atoms with Gasteiger partial charge in [-0.3, -0.25) is 24.1 Å². The van der Waals surface area contributed by atoms with Gasteiger partial charge in [-0.05, 0) is 68.1 Å². The van der Waals surface area contributed by atoms with Gasteiger partial charge in [-0.2, -0.15) is 0 Å². The highest BCUT2D eigenvalue weighted by atomic mass is 16.5. The van der Waals surface area contributed by atoms with Gasteiger partial charge in [0, 0.05) is 18.0 Å². The largest absolute Gasteiger partial charge is 0.510 e. The molecule has 232 valence electrons. The van der Waals surface area contributed by atoms with E-state index in [1.807, 2.05) is 24.3 Å². The summed E-state index contributed by atoms with van der Waals surface area (Å²) in [6, 6.07) is 9.47. The molecule has 0 spiro atoms. The summed E-state index contributed by atoms with van der Waals surface area (Å²) in [4.78, 5) is 52.6. The summed E-state index contributed by atoms with van der Waals surface area (Å²) in [6.45, 7) is 2.54. The molecule has 3 aliphatic rings. The number of carbonyl (C=O) groups is 4. The topological polar surface area (TPSA) is 200 Å². The van der Waals surface area contributed by atoms with Gasteiger partial charge in [-0.15, -0.1) is 0 Å². The van der Waals surface area contributed by atoms with Crippen molar-refractivity contribution in [1.29, 1.82) is 0 Å². The number of nitrogens with two attached hydrogens (primary N) is 1. The predicted molar refractivity (Wildman–Crippen MR) is 157 cm³/mol. The highest BCUT2D eigenvalue weighted by Gasteiger charge is 2.63. The smallest absolute Gasteiger partial charge is 0.319 e. The van der Waals surface area contributed by atoms with E-state index in [-0.39, 0.29) is 42.2 Å². The first-order chi connectivity index (χ1) is 20.8. The van der Waals surface area contributed by atoms with Gasteiger partial charge < -0.3 is 36.2 Å². The van der Waals surface area contributed by atoms with Gasteiger partial charge in [-0.1, -0.05) is 30.3 Å². The number of ether oxygens (including phenoxy) is 1. The predicted octanol–water partition coefficient (Wildman–Crippen LogP) is 1.44. The molecule has 4 atom stereocenters. The Kier molecular flexibility index (Phi) is 8.10. The Labute approximate surface area is 253 Å². The van der Waals surface area contributed by atoms with Crippen LogP contribution in [0.1, 0.15) is 34.8 Å². The quantitative estimate of drug-likeness (QED) is 0.188. The number of nitrogens with zero attached hydrogens (tertiary/aromatic N) is 1. The molecule has 12 heteroatoms. The van der Waals surface area contributed by atoms with Crippen molar-refractivity contribution in [2.45, 2.75) is 38.0 Å². The number of allylic oxidation sites excluding steroid dienone is 1. The Hall–Kier alpha value is -4.52. The number of aliphatic hydroxyl groups is 3. The fourth-order valence-electron chi connectivity index (χ4n) is 6.84. The van der Waals surface area contributed by atoms with Crippen LogP contribution in [0.25, 0.3) is 11.1 Å². The summed E-state index contributed by atoms with van der Waals surface area (Å²) in [6.07, 6.45) is 0.188. The van der Waals surface area contributed by atoms with Crippen molar-refractivity contribution in [1.82, 2.24) is 10.2 Å². The van der Waals surface area contributed by atoms with Crippen LogP contribution in [-0.4, -0.2) is 87.7 Å². The molecule has 44 heavy (non-hydrogen) atoms. The number of fused-ring (bicyclic) bond motifs is 3. The van der Waals surface area contributed by atoms with Gasteiger partial charge in [0.1, 0.15) is 22.8 Å². The average molecular weight is 606 g/mol. The number of phenolic OH excluding ortho intramolecular Hbond substituents is 1. The molecule has 0 saturated heterocycles. The summed E-state index contributed by atoms with van der Waals surface area (Å²) < 4.78 is 4.91. The van der Waals surface area contributed by atoms with Crippen molar-refractivity contribution in [2.75, 3.05) is 27.2 Å². The molecule has 12 nitrogen and oxygen atoms in total. The zero-order valence-electron chi connectivity index (χ0n) is 24.6. The van der Waals surface area contributed by atoms with Crippen molar-refractivity contribution in [3.05, 3.63) is 75.8 Å². The Bertz CT molecular complexity index is 1630. The molecule has 1 unspecified atom stereocenters. The second-order valence-electron chi connectivity index (χ2n) is 11.6. The SMILES string of the molecule is CCOC(=O)CNCc1ccc(-c2ccc(O)c3c2C[C@@H]2C[C@@H]4C(N(C)C)C(O)=C(C(N)=O)C(=O)[C@]4(O)C(O)=C2C3=O)cc1. The lowest BCUT2D eigenvalue weighted by Crippen LogP contribution is -2.63. The van der Waals surface area contributed by atoms with Gasteiger partial charge in [-0.25, -0.2) is 0 Å². The van der Waals surface area contributed by atoms with Crippen LogP contribution in [0, 0.1) is 11.8 Å². The molecule has 3 aliphatic carbocycles. The molecule has 7 N–H and O–H groups in total. The third kappa shape index (κ3) is 4.84. The van der Waals surface area contributed by atoms with Crippen LogP contribution in [0.4, 0.5) is 0 Å². The van der Waals surface area contributed by atoms with E-state index < -0.39 is 58.0 Å². The van der Waals surface area contributed by atoms with E-state index in [4.69, 9.17) is 10.5 Å². The second kappa shape index (κ2) is 11.5. The average Bonchev–Trinajstić information content (AvgIpc) is 2.95. The Balaban J connectivity index is 1.53. The fourth-order valence-corrected chi connectivity index (χ4v) is 6.84. The minimum Gasteiger partial charge on any atom is -0.510 e. The van der Waals surface area contributed by atoms with Gasteiger partial charge in [0.05, 0.1) is 24.8 Å². The van der Waals surface area contributed by atoms with Crippen molar-refractivity contribution in [3.8, 4) is 16.9 Å². The molecule has 0 saturated carbocycles. The van der Waals surface area contributed by atoms with Crippen LogP contribution in [-0.2, 0) is 32.1 Å². The number of aliphatic hydroxyl groups excluding tert-OH is 2. The third-order valence-corrected chi connectivity index (χ3v) is 8.77. The molecule has 0 aromatic heterocycles. The van der Waals surface area contributed by atoms with Crippen LogP contribution in [0.15, 0.2) is 59.1 Å². The normalized spacial score (nSPS) is 24.6. The minimum absolute atomic E-state index is 0.00588. The zero-order valence-corrected chi connectivity index (χ0v) is 24.6. The van der Waals surface area contributed by atoms with Crippen LogP contribution in [0.5, 0.6) is 5.75 Å². The number of hydrogen-bond donors (Lipinski definition) is 6. The Morgan fingerprint density at radius 3 is 2.39 bits per heavy atom. The van der Waals surface area contributed by atoms with Crippen LogP contribution in [0.3, 0.4) is 0 Å². The van der Waals surface area contributed by atoms with Crippen LogP contribution in [0.2, 0.25) is 0 Å². The monoisotopic (exact) mass is 605 g/mol. The van der Waals surface area contributed by atoms with E-state index in [9.17, 15) is 39.6 Å². The minimum atomic E-state index is -2.69. The zero-order chi connectivity index (χ0) is 32.1. The summed E-state index contributed by atoms with van der Waals surface area (Å²) >= 11 is 0. The van der Waals surface area contributed by atoms with E-state index in [1.54, 1.807) is 27.1 Å². The molecule has 0 bridgehead atoms. The molecular formula is C32H35N3O9. The maximum Gasteiger partial charge on any atom is 0.319 e. The van der Waals surface area contributed by atoms with Crippen LogP contribution < -0.4 is 11.1 Å². The van der Waals surface area contributed by atoms with Crippen molar-refractivity contribution in [2.24, 2.45) is 17.6 Å². The van der Waals surface area contributed by atoms with E-state index >= 15 is 0 Å². The third-order valence-electron chi connectivity index (χ3n) is 8.77. The fraction of sp³-hybridized carbons (Fsp3) is 0.375. The maximum absolute atomic E-state index is 13.9. The first kappa shape index (κ1) is 30.9. The number of rotatable bonds is 8. The Morgan fingerprint density at radius 2 is 1.77 bits per heavy atom. The van der Waals surface area contributed by atoms with E-state index in [2.05, 4.69) is 5.32 Å². The number of nitrogens with one attached hydrogen (secondary N) is 1. The Morgan fingerprint density at radius 1 is 1.09 bits per heavy atom. The van der Waals surface area contributed by atoms with Gasteiger partial charge in [0.25, 0.3) is 5.91 Å². The highest BCUT2D eigenvalue weighted by Crippen LogP contribution is 2.53. The molecule has 1 amide bonds. The van der Waals surface area contributed by atoms with E-state index in [0.29, 0.717) is 24.3 Å². The van der Waals surface area contributed by atoms with E-state index in [0.717, 1.165) is 11.1 Å². The number of primary amides is 1. The lowest BCUT2D eigenvalue weighted by Gasteiger charge is -2.50. The number of hydrogen-bond acceptors (Lipinski definition) is 11. The number of aromatic hydroxyl groups is 1. The number of amides is 1. The number of Topliss-reactive ketones (excluding diaryl/α,β-unsaturated/α-hetero) is 2. The number of carbonyl (C=O) groups excluding carboxylic acids is 4. The summed E-state index contributed by atoms with van der Waals surface area (Å²) in [7, 11) is 3.17. The molecule has 0 fully saturated rings. The lowest BCUT2D eigenvalue weighted by molar-refractivity contribution is -0.148.